The lowest BCUT2D eigenvalue weighted by molar-refractivity contribution is -0.365. The fourth-order valence-corrected chi connectivity index (χ4v) is 3.50. The zero-order chi connectivity index (χ0) is 17.2. The van der Waals surface area contributed by atoms with Crippen LogP contribution < -0.4 is 0 Å². The van der Waals surface area contributed by atoms with Gasteiger partial charge in [0, 0.05) is 18.6 Å². The zero-order valence-corrected chi connectivity index (χ0v) is 13.8. The molecule has 3 rings (SSSR count). The van der Waals surface area contributed by atoms with Gasteiger partial charge in [-0.1, -0.05) is 42.5 Å². The highest BCUT2D eigenvalue weighted by atomic mass is 16.7. The molecule has 1 aromatic carbocycles. The molecule has 1 aromatic rings. The van der Waals surface area contributed by atoms with Crippen molar-refractivity contribution in [2.24, 2.45) is 5.92 Å². The predicted molar refractivity (Wildman–Crippen MR) is 89.1 cm³/mol. The topological polar surface area (TPSA) is 57.2 Å². The lowest BCUT2D eigenvalue weighted by Crippen LogP contribution is -2.65. The molecule has 2 aliphatic heterocycles. The first-order chi connectivity index (χ1) is 11.6. The van der Waals surface area contributed by atoms with Crippen LogP contribution in [-0.2, 0) is 18.9 Å². The molecule has 2 saturated heterocycles. The van der Waals surface area contributed by atoms with Gasteiger partial charge in [-0.3, -0.25) is 0 Å². The molecule has 5 nitrogen and oxygen atoms in total. The van der Waals surface area contributed by atoms with E-state index in [4.69, 9.17) is 18.9 Å². The zero-order valence-electron chi connectivity index (χ0n) is 13.8. The second-order valence-electron chi connectivity index (χ2n) is 6.14. The normalized spacial score (nSPS) is 39.0. The molecule has 0 amide bonds. The highest BCUT2D eigenvalue weighted by molar-refractivity contribution is 5.17. The third-order valence-corrected chi connectivity index (χ3v) is 4.76. The number of allylic oxidation sites excluding steroid dienone is 1. The van der Waals surface area contributed by atoms with E-state index in [1.807, 2.05) is 30.3 Å². The third-order valence-electron chi connectivity index (χ3n) is 4.76. The minimum atomic E-state index is -1.36. The quantitative estimate of drug-likeness (QED) is 0.840. The standard InChI is InChI=1S/C19H24O5/c1-4-9-14-16-15(23-18(21-3)19(14,20)5-2)12-22-17(24-16)13-10-7-6-8-11-13/h4-8,10-11,14-18,20H,1-2,9,12H2,3H3/t14-,15+,16-,17+,18-,19+/m0/s1. The molecule has 0 radical (unpaired) electrons. The average Bonchev–Trinajstić information content (AvgIpc) is 2.64. The lowest BCUT2D eigenvalue weighted by atomic mass is 9.76. The molecule has 0 unspecified atom stereocenters. The Hall–Kier alpha value is -1.50. The number of methoxy groups -OCH3 is 1. The molecular formula is C19H24O5. The Morgan fingerprint density at radius 1 is 1.29 bits per heavy atom. The Morgan fingerprint density at radius 2 is 2.04 bits per heavy atom. The van der Waals surface area contributed by atoms with E-state index < -0.39 is 18.2 Å². The van der Waals surface area contributed by atoms with Gasteiger partial charge < -0.3 is 24.1 Å². The van der Waals surface area contributed by atoms with Gasteiger partial charge in [0.1, 0.15) is 11.7 Å². The molecule has 2 heterocycles. The molecule has 0 bridgehead atoms. The van der Waals surface area contributed by atoms with Crippen molar-refractivity contribution < 1.29 is 24.1 Å². The van der Waals surface area contributed by atoms with Crippen molar-refractivity contribution in [3.63, 3.8) is 0 Å². The Bertz CT molecular complexity index is 574. The summed E-state index contributed by atoms with van der Waals surface area (Å²) in [6, 6.07) is 9.73. The number of aliphatic hydroxyl groups is 1. The molecule has 0 aromatic heterocycles. The van der Waals surface area contributed by atoms with Crippen LogP contribution in [0.5, 0.6) is 0 Å². The van der Waals surface area contributed by atoms with Crippen LogP contribution in [0.3, 0.4) is 0 Å². The van der Waals surface area contributed by atoms with Crippen LogP contribution in [0.1, 0.15) is 18.3 Å². The maximum Gasteiger partial charge on any atom is 0.190 e. The molecule has 24 heavy (non-hydrogen) atoms. The van der Waals surface area contributed by atoms with Crippen molar-refractivity contribution in [1.29, 1.82) is 0 Å². The summed E-state index contributed by atoms with van der Waals surface area (Å²) in [5, 5.41) is 11.1. The third kappa shape index (κ3) is 2.94. The summed E-state index contributed by atoms with van der Waals surface area (Å²) < 4.78 is 23.2. The Balaban J connectivity index is 1.88. The number of hydrogen-bond donors (Lipinski definition) is 1. The van der Waals surface area contributed by atoms with E-state index in [2.05, 4.69) is 13.2 Å². The van der Waals surface area contributed by atoms with Gasteiger partial charge in [-0.05, 0) is 6.42 Å². The van der Waals surface area contributed by atoms with Crippen LogP contribution >= 0.6 is 0 Å². The van der Waals surface area contributed by atoms with E-state index >= 15 is 0 Å². The number of benzene rings is 1. The van der Waals surface area contributed by atoms with Gasteiger partial charge in [0.2, 0.25) is 0 Å². The lowest BCUT2D eigenvalue weighted by Gasteiger charge is -2.52. The van der Waals surface area contributed by atoms with Gasteiger partial charge in [0.15, 0.2) is 12.6 Å². The van der Waals surface area contributed by atoms with E-state index in [0.717, 1.165) is 5.56 Å². The summed E-state index contributed by atoms with van der Waals surface area (Å²) in [4.78, 5) is 0. The predicted octanol–water partition coefficient (Wildman–Crippen LogP) is 2.58. The smallest absolute Gasteiger partial charge is 0.190 e. The second-order valence-corrected chi connectivity index (χ2v) is 6.14. The molecule has 0 aliphatic carbocycles. The summed E-state index contributed by atoms with van der Waals surface area (Å²) in [6.45, 7) is 7.94. The summed E-state index contributed by atoms with van der Waals surface area (Å²) in [5.74, 6) is -0.286. The summed E-state index contributed by atoms with van der Waals surface area (Å²) in [7, 11) is 1.50. The molecule has 2 fully saturated rings. The van der Waals surface area contributed by atoms with E-state index in [1.165, 1.54) is 13.2 Å². The SMILES string of the molecule is C=CC[C@H]1[C@@H]2O[C@H](c3ccccc3)OC[C@H]2O[C@H](OC)[C@@]1(O)C=C. The van der Waals surface area contributed by atoms with Gasteiger partial charge in [0.25, 0.3) is 0 Å². The molecule has 2 aliphatic rings. The summed E-state index contributed by atoms with van der Waals surface area (Å²) in [5.41, 5.74) is -0.424. The largest absolute Gasteiger partial charge is 0.380 e. The van der Waals surface area contributed by atoms with E-state index in [9.17, 15) is 5.11 Å². The van der Waals surface area contributed by atoms with Crippen molar-refractivity contribution in [2.45, 2.75) is 36.8 Å². The van der Waals surface area contributed by atoms with Gasteiger partial charge in [-0.2, -0.15) is 0 Å². The highest BCUT2D eigenvalue weighted by Crippen LogP contribution is 2.43. The first-order valence-electron chi connectivity index (χ1n) is 8.11. The van der Waals surface area contributed by atoms with Gasteiger partial charge in [0.05, 0.1) is 12.7 Å². The fraction of sp³-hybridized carbons (Fsp3) is 0.474. The Kier molecular flexibility index (Phi) is 5.18. The van der Waals surface area contributed by atoms with Crippen molar-refractivity contribution >= 4 is 0 Å². The van der Waals surface area contributed by atoms with Gasteiger partial charge >= 0.3 is 0 Å². The maximum absolute atomic E-state index is 11.1. The fourth-order valence-electron chi connectivity index (χ4n) is 3.50. The maximum atomic E-state index is 11.1. The number of hydrogen-bond acceptors (Lipinski definition) is 5. The molecule has 0 saturated carbocycles. The van der Waals surface area contributed by atoms with Crippen molar-refractivity contribution in [1.82, 2.24) is 0 Å². The van der Waals surface area contributed by atoms with Crippen LogP contribution in [0.4, 0.5) is 0 Å². The van der Waals surface area contributed by atoms with E-state index in [0.29, 0.717) is 13.0 Å². The monoisotopic (exact) mass is 332 g/mol. The van der Waals surface area contributed by atoms with Crippen LogP contribution in [0, 0.1) is 5.92 Å². The first-order valence-corrected chi connectivity index (χ1v) is 8.11. The van der Waals surface area contributed by atoms with Crippen LogP contribution in [0.15, 0.2) is 55.6 Å². The van der Waals surface area contributed by atoms with Crippen molar-refractivity contribution in [3.05, 3.63) is 61.2 Å². The van der Waals surface area contributed by atoms with Gasteiger partial charge in [-0.15, -0.1) is 13.2 Å². The Labute approximate surface area is 142 Å². The van der Waals surface area contributed by atoms with Crippen LogP contribution in [0.25, 0.3) is 0 Å². The molecule has 130 valence electrons. The second kappa shape index (κ2) is 7.17. The first kappa shape index (κ1) is 17.3. The molecule has 1 N–H and O–H groups in total. The van der Waals surface area contributed by atoms with Crippen molar-refractivity contribution in [3.8, 4) is 0 Å². The number of rotatable bonds is 5. The minimum Gasteiger partial charge on any atom is -0.380 e. The average molecular weight is 332 g/mol. The number of ether oxygens (including phenoxy) is 4. The Morgan fingerprint density at radius 3 is 2.67 bits per heavy atom. The summed E-state index contributed by atoms with van der Waals surface area (Å²) in [6.07, 6.45) is 1.82. The number of fused-ring (bicyclic) bond motifs is 1. The highest BCUT2D eigenvalue weighted by Gasteiger charge is 2.56. The molecule has 6 atom stereocenters. The van der Waals surface area contributed by atoms with E-state index in [1.54, 1.807) is 6.08 Å². The summed E-state index contributed by atoms with van der Waals surface area (Å²) >= 11 is 0. The molecular weight excluding hydrogens is 308 g/mol. The van der Waals surface area contributed by atoms with Crippen LogP contribution in [-0.4, -0.2) is 42.9 Å². The minimum absolute atomic E-state index is 0.286. The molecule has 5 heteroatoms. The van der Waals surface area contributed by atoms with Crippen LogP contribution in [0.2, 0.25) is 0 Å². The molecule has 0 spiro atoms. The van der Waals surface area contributed by atoms with Gasteiger partial charge in [-0.25, -0.2) is 0 Å². The van der Waals surface area contributed by atoms with Crippen molar-refractivity contribution in [2.75, 3.05) is 13.7 Å². The van der Waals surface area contributed by atoms with E-state index in [-0.39, 0.29) is 18.1 Å².